The van der Waals surface area contributed by atoms with Crippen LogP contribution in [0.2, 0.25) is 5.02 Å². The Morgan fingerprint density at radius 2 is 2.17 bits per heavy atom. The highest BCUT2D eigenvalue weighted by atomic mass is 35.5. The fourth-order valence-electron chi connectivity index (χ4n) is 0.880. The number of nitrogens with zero attached hydrogens (tertiary/aromatic N) is 3. The zero-order chi connectivity index (χ0) is 8.97. The third kappa shape index (κ3) is 1.72. The minimum Gasteiger partial charge on any atom is -0.310 e. The molecule has 0 amide bonds. The van der Waals surface area contributed by atoms with Crippen LogP contribution in [-0.4, -0.2) is 9.97 Å². The van der Waals surface area contributed by atoms with E-state index in [2.05, 4.69) is 14.8 Å². The van der Waals surface area contributed by atoms with Gasteiger partial charge >= 0.3 is 0 Å². The second kappa shape index (κ2) is 4.03. The Hall–Kier alpha value is -1.14. The monoisotopic (exact) mass is 181 g/mol. The molecule has 0 aromatic carbocycles. The van der Waals surface area contributed by atoms with Gasteiger partial charge in [-0.2, -0.15) is 0 Å². The van der Waals surface area contributed by atoms with E-state index in [1.807, 2.05) is 6.92 Å². The van der Waals surface area contributed by atoms with Crippen LogP contribution in [0.15, 0.2) is 6.33 Å². The molecule has 3 nitrogen and oxygen atoms in total. The van der Waals surface area contributed by atoms with E-state index >= 15 is 0 Å². The summed E-state index contributed by atoms with van der Waals surface area (Å²) < 4.78 is 0. The van der Waals surface area contributed by atoms with E-state index in [1.54, 1.807) is 0 Å². The van der Waals surface area contributed by atoms with E-state index in [0.717, 1.165) is 12.1 Å². The SMILES string of the molecule is [C-]#[N+]Cc1ncnc(CC)c1Cl. The van der Waals surface area contributed by atoms with Crippen LogP contribution < -0.4 is 0 Å². The maximum absolute atomic E-state index is 6.67. The van der Waals surface area contributed by atoms with E-state index in [1.165, 1.54) is 6.33 Å². The minimum atomic E-state index is 0.231. The molecular formula is C8H8ClN3. The van der Waals surface area contributed by atoms with Crippen molar-refractivity contribution in [3.63, 3.8) is 0 Å². The van der Waals surface area contributed by atoms with Gasteiger partial charge in [0, 0.05) is 0 Å². The van der Waals surface area contributed by atoms with Crippen LogP contribution in [0.5, 0.6) is 0 Å². The van der Waals surface area contributed by atoms with Crippen LogP contribution in [0.4, 0.5) is 0 Å². The molecule has 4 heteroatoms. The highest BCUT2D eigenvalue weighted by molar-refractivity contribution is 6.31. The van der Waals surface area contributed by atoms with Gasteiger partial charge < -0.3 is 4.85 Å². The summed E-state index contributed by atoms with van der Waals surface area (Å²) in [5.41, 5.74) is 1.43. The van der Waals surface area contributed by atoms with E-state index in [-0.39, 0.29) is 6.54 Å². The molecule has 0 aliphatic carbocycles. The summed E-state index contributed by atoms with van der Waals surface area (Å²) in [5.74, 6) is 0. The molecule has 62 valence electrons. The van der Waals surface area contributed by atoms with Crippen LogP contribution >= 0.6 is 11.6 Å². The number of hydrogen-bond acceptors (Lipinski definition) is 2. The van der Waals surface area contributed by atoms with E-state index < -0.39 is 0 Å². The molecule has 0 unspecified atom stereocenters. The van der Waals surface area contributed by atoms with Gasteiger partial charge in [0.15, 0.2) is 0 Å². The summed E-state index contributed by atoms with van der Waals surface area (Å²) >= 11 is 5.92. The van der Waals surface area contributed by atoms with Crippen molar-refractivity contribution in [2.75, 3.05) is 0 Å². The molecule has 1 rings (SSSR count). The molecule has 0 saturated heterocycles. The van der Waals surface area contributed by atoms with Gasteiger partial charge in [-0.1, -0.05) is 18.5 Å². The van der Waals surface area contributed by atoms with Crippen LogP contribution in [-0.2, 0) is 13.0 Å². The Bertz CT molecular complexity index is 317. The van der Waals surface area contributed by atoms with Crippen molar-refractivity contribution in [1.82, 2.24) is 9.97 Å². The van der Waals surface area contributed by atoms with Crippen molar-refractivity contribution >= 4 is 11.6 Å². The first-order valence-corrected chi connectivity index (χ1v) is 3.98. The second-order valence-electron chi connectivity index (χ2n) is 2.25. The van der Waals surface area contributed by atoms with E-state index in [0.29, 0.717) is 10.7 Å². The number of rotatable bonds is 2. The normalized spacial score (nSPS) is 9.42. The predicted molar refractivity (Wildman–Crippen MR) is 46.7 cm³/mol. The van der Waals surface area contributed by atoms with E-state index in [4.69, 9.17) is 18.2 Å². The first kappa shape index (κ1) is 8.95. The lowest BCUT2D eigenvalue weighted by Gasteiger charge is -2.00. The number of hydrogen-bond donors (Lipinski definition) is 0. The van der Waals surface area contributed by atoms with Crippen molar-refractivity contribution in [1.29, 1.82) is 0 Å². The molecule has 1 heterocycles. The molecule has 1 aromatic heterocycles. The Balaban J connectivity index is 3.07. The van der Waals surface area contributed by atoms with Crippen molar-refractivity contribution in [2.24, 2.45) is 0 Å². The molecule has 0 N–H and O–H groups in total. The van der Waals surface area contributed by atoms with Gasteiger partial charge in [-0.3, -0.25) is 0 Å². The third-order valence-electron chi connectivity index (χ3n) is 1.50. The van der Waals surface area contributed by atoms with Crippen LogP contribution in [0, 0.1) is 6.57 Å². The molecule has 0 spiro atoms. The van der Waals surface area contributed by atoms with Gasteiger partial charge in [-0.25, -0.2) is 16.5 Å². The van der Waals surface area contributed by atoms with Crippen molar-refractivity contribution in [3.05, 3.63) is 34.2 Å². The molecule has 0 saturated carbocycles. The molecule has 0 aliphatic rings. The van der Waals surface area contributed by atoms with Crippen molar-refractivity contribution < 1.29 is 0 Å². The summed E-state index contributed by atoms with van der Waals surface area (Å²) in [7, 11) is 0. The summed E-state index contributed by atoms with van der Waals surface area (Å²) in [6, 6.07) is 0. The third-order valence-corrected chi connectivity index (χ3v) is 1.93. The average Bonchev–Trinajstić information content (AvgIpc) is 2.09. The Morgan fingerprint density at radius 1 is 1.50 bits per heavy atom. The zero-order valence-corrected chi connectivity index (χ0v) is 7.47. The molecule has 0 radical (unpaired) electrons. The molecule has 0 atom stereocenters. The largest absolute Gasteiger partial charge is 0.310 e. The molecule has 0 aliphatic heterocycles. The Morgan fingerprint density at radius 3 is 2.75 bits per heavy atom. The smallest absolute Gasteiger partial charge is 0.257 e. The molecule has 0 fully saturated rings. The Kier molecular flexibility index (Phi) is 3.01. The standard InChI is InChI=1S/C8H8ClN3/c1-3-6-8(9)7(4-10-2)12-5-11-6/h5H,3-4H2,1H3. The van der Waals surface area contributed by atoms with Crippen molar-refractivity contribution in [3.8, 4) is 0 Å². The summed E-state index contributed by atoms with van der Waals surface area (Å²) in [6.07, 6.45) is 2.22. The van der Waals surface area contributed by atoms with Gasteiger partial charge in [0.05, 0.1) is 10.7 Å². The molecule has 12 heavy (non-hydrogen) atoms. The lowest BCUT2D eigenvalue weighted by atomic mass is 10.3. The Labute approximate surface area is 76.2 Å². The summed E-state index contributed by atoms with van der Waals surface area (Å²) in [6.45, 7) is 8.87. The lowest BCUT2D eigenvalue weighted by molar-refractivity contribution is 0.956. The van der Waals surface area contributed by atoms with Crippen LogP contribution in [0.1, 0.15) is 18.3 Å². The fraction of sp³-hybridized carbons (Fsp3) is 0.375. The first-order valence-electron chi connectivity index (χ1n) is 3.61. The van der Waals surface area contributed by atoms with Crippen molar-refractivity contribution in [2.45, 2.75) is 19.9 Å². The highest BCUT2D eigenvalue weighted by Gasteiger charge is 2.08. The molecule has 1 aromatic rings. The van der Waals surface area contributed by atoms with Gasteiger partial charge in [0.2, 0.25) is 0 Å². The number of aryl methyl sites for hydroxylation is 1. The van der Waals surface area contributed by atoms with Gasteiger partial charge in [-0.05, 0) is 6.42 Å². The quantitative estimate of drug-likeness (QED) is 0.655. The van der Waals surface area contributed by atoms with Crippen LogP contribution in [0.25, 0.3) is 4.85 Å². The molecular weight excluding hydrogens is 174 g/mol. The lowest BCUT2D eigenvalue weighted by Crippen LogP contribution is -1.96. The van der Waals surface area contributed by atoms with E-state index in [9.17, 15) is 0 Å². The molecule has 0 bridgehead atoms. The topological polar surface area (TPSA) is 30.1 Å². The second-order valence-corrected chi connectivity index (χ2v) is 2.63. The summed E-state index contributed by atoms with van der Waals surface area (Å²) in [5, 5.41) is 0.538. The summed E-state index contributed by atoms with van der Waals surface area (Å²) in [4.78, 5) is 11.1. The first-order chi connectivity index (χ1) is 5.79. The predicted octanol–water partition coefficient (Wildman–Crippen LogP) is 2.11. The number of aromatic nitrogens is 2. The average molecular weight is 182 g/mol. The van der Waals surface area contributed by atoms with Gasteiger partial charge in [0.1, 0.15) is 12.0 Å². The fourth-order valence-corrected chi connectivity index (χ4v) is 1.17. The van der Waals surface area contributed by atoms with Gasteiger partial charge in [-0.15, -0.1) is 0 Å². The maximum Gasteiger partial charge on any atom is 0.257 e. The minimum absolute atomic E-state index is 0.231. The zero-order valence-electron chi connectivity index (χ0n) is 6.71. The number of halogens is 1. The van der Waals surface area contributed by atoms with Gasteiger partial charge in [0.25, 0.3) is 6.54 Å². The van der Waals surface area contributed by atoms with Crippen LogP contribution in [0.3, 0.4) is 0 Å². The highest BCUT2D eigenvalue weighted by Crippen LogP contribution is 2.17. The maximum atomic E-state index is 6.67.